The maximum atomic E-state index is 12.5. The van der Waals surface area contributed by atoms with E-state index >= 15 is 0 Å². The zero-order chi connectivity index (χ0) is 17.2. The highest BCUT2D eigenvalue weighted by atomic mass is 32.2. The van der Waals surface area contributed by atoms with Gasteiger partial charge in [-0.2, -0.15) is 0 Å². The second kappa shape index (κ2) is 6.86. The predicted molar refractivity (Wildman–Crippen MR) is 86.9 cm³/mol. The highest BCUT2D eigenvalue weighted by Crippen LogP contribution is 2.28. The van der Waals surface area contributed by atoms with E-state index < -0.39 is 10.0 Å². The molecule has 3 N–H and O–H groups in total. The summed E-state index contributed by atoms with van der Waals surface area (Å²) in [5.74, 6) is -0.0716. The molecular weight excluding hydrogens is 318 g/mol. The lowest BCUT2D eigenvalue weighted by atomic mass is 10.1. The van der Waals surface area contributed by atoms with Gasteiger partial charge in [0, 0.05) is 31.2 Å². The third-order valence-electron chi connectivity index (χ3n) is 3.92. The summed E-state index contributed by atoms with van der Waals surface area (Å²) in [5, 5.41) is 0. The maximum Gasteiger partial charge on any atom is 0.253 e. The summed E-state index contributed by atoms with van der Waals surface area (Å²) in [6.45, 7) is 2.15. The van der Waals surface area contributed by atoms with Gasteiger partial charge >= 0.3 is 0 Å². The number of carbonyl (C=O) groups excluding carboxylic acids is 1. The second-order valence-electron chi connectivity index (χ2n) is 5.76. The number of nitrogens with two attached hydrogens (primary N) is 1. The summed E-state index contributed by atoms with van der Waals surface area (Å²) in [5.41, 5.74) is 5.86. The Balaban J connectivity index is 2.37. The molecule has 0 spiro atoms. The van der Waals surface area contributed by atoms with Crippen LogP contribution in [-0.2, 0) is 10.0 Å². The third-order valence-corrected chi connectivity index (χ3v) is 5.46. The molecule has 0 aromatic heterocycles. The van der Waals surface area contributed by atoms with Crippen LogP contribution in [0.4, 0.5) is 0 Å². The normalized spacial score (nSPS) is 16.0. The highest BCUT2D eigenvalue weighted by molar-refractivity contribution is 7.89. The number of hydrogen-bond acceptors (Lipinski definition) is 5. The number of likely N-dealkylation sites (N-methyl/N-ethyl adjacent to an activating group) is 1. The van der Waals surface area contributed by atoms with Crippen LogP contribution in [0.25, 0.3) is 0 Å². The van der Waals surface area contributed by atoms with E-state index in [0.29, 0.717) is 6.54 Å². The van der Waals surface area contributed by atoms with Crippen molar-refractivity contribution in [2.75, 3.05) is 20.7 Å². The fourth-order valence-corrected chi connectivity index (χ4v) is 3.57. The molecule has 8 heteroatoms. The third kappa shape index (κ3) is 4.01. The number of benzene rings is 1. The van der Waals surface area contributed by atoms with Crippen molar-refractivity contribution in [3.8, 4) is 5.75 Å². The fourth-order valence-electron chi connectivity index (χ4n) is 2.07. The molecule has 1 aliphatic rings. The highest BCUT2D eigenvalue weighted by Gasteiger charge is 2.30. The number of carbonyl (C=O) groups is 1. The number of hydrogen-bond donors (Lipinski definition) is 2. The Morgan fingerprint density at radius 2 is 2.13 bits per heavy atom. The van der Waals surface area contributed by atoms with Crippen molar-refractivity contribution in [2.24, 2.45) is 5.73 Å². The van der Waals surface area contributed by atoms with Gasteiger partial charge in [0.15, 0.2) is 0 Å². The van der Waals surface area contributed by atoms with Gasteiger partial charge in [0.25, 0.3) is 5.91 Å². The lowest BCUT2D eigenvalue weighted by Gasteiger charge is -2.24. The van der Waals surface area contributed by atoms with Crippen LogP contribution in [0.2, 0.25) is 0 Å². The van der Waals surface area contributed by atoms with Crippen LogP contribution < -0.4 is 15.2 Å². The van der Waals surface area contributed by atoms with Gasteiger partial charge in [-0.25, -0.2) is 13.1 Å². The molecule has 0 bridgehead atoms. The van der Waals surface area contributed by atoms with Crippen LogP contribution in [0.15, 0.2) is 23.1 Å². The Bertz CT molecular complexity index is 686. The molecule has 1 saturated carbocycles. The minimum Gasteiger partial charge on any atom is -0.495 e. The molecule has 0 saturated heterocycles. The molecule has 1 atom stereocenters. The van der Waals surface area contributed by atoms with Crippen molar-refractivity contribution in [3.05, 3.63) is 23.8 Å². The lowest BCUT2D eigenvalue weighted by molar-refractivity contribution is 0.0748. The molecule has 1 aromatic rings. The maximum absolute atomic E-state index is 12.5. The minimum absolute atomic E-state index is 0.0217. The van der Waals surface area contributed by atoms with Crippen LogP contribution in [0, 0.1) is 0 Å². The van der Waals surface area contributed by atoms with E-state index in [1.807, 2.05) is 6.92 Å². The van der Waals surface area contributed by atoms with Crippen molar-refractivity contribution in [2.45, 2.75) is 36.7 Å². The summed E-state index contributed by atoms with van der Waals surface area (Å²) in [6.07, 6.45) is 1.66. The van der Waals surface area contributed by atoms with Crippen LogP contribution in [0.5, 0.6) is 5.75 Å². The minimum atomic E-state index is -3.72. The van der Waals surface area contributed by atoms with E-state index in [9.17, 15) is 13.2 Å². The summed E-state index contributed by atoms with van der Waals surface area (Å²) in [4.78, 5) is 13.9. The monoisotopic (exact) mass is 341 g/mol. The van der Waals surface area contributed by atoms with Crippen molar-refractivity contribution in [3.63, 3.8) is 0 Å². The van der Waals surface area contributed by atoms with Crippen LogP contribution in [-0.4, -0.2) is 52.0 Å². The van der Waals surface area contributed by atoms with Crippen molar-refractivity contribution >= 4 is 15.9 Å². The molecule has 1 aromatic carbocycles. The van der Waals surface area contributed by atoms with Gasteiger partial charge in [-0.1, -0.05) is 0 Å². The van der Waals surface area contributed by atoms with E-state index in [4.69, 9.17) is 10.5 Å². The molecule has 1 aliphatic carbocycles. The van der Waals surface area contributed by atoms with Gasteiger partial charge in [-0.05, 0) is 38.0 Å². The van der Waals surface area contributed by atoms with Crippen LogP contribution >= 0.6 is 0 Å². The number of ether oxygens (including phenoxy) is 1. The van der Waals surface area contributed by atoms with Crippen LogP contribution in [0.3, 0.4) is 0 Å². The van der Waals surface area contributed by atoms with Gasteiger partial charge in [-0.3, -0.25) is 4.79 Å². The average molecular weight is 341 g/mol. The van der Waals surface area contributed by atoms with E-state index in [2.05, 4.69) is 4.72 Å². The number of amides is 1. The van der Waals surface area contributed by atoms with E-state index in [-0.39, 0.29) is 34.2 Å². The molecule has 1 fully saturated rings. The molecule has 1 unspecified atom stereocenters. The van der Waals surface area contributed by atoms with Crippen molar-refractivity contribution < 1.29 is 17.9 Å². The summed E-state index contributed by atoms with van der Waals surface area (Å²) < 4.78 is 32.7. The predicted octanol–water partition coefficient (Wildman–Crippen LogP) is 0.555. The lowest BCUT2D eigenvalue weighted by Crippen LogP contribution is -2.39. The number of rotatable bonds is 7. The summed E-state index contributed by atoms with van der Waals surface area (Å²) in [7, 11) is -0.680. The standard InChI is InChI=1S/C15H23N3O4S/c1-10(9-16)18(2)15(19)11-4-7-13(22-3)14(8-11)23(20,21)17-12-5-6-12/h4,7-8,10,12,17H,5-6,9,16H2,1-3H3. The van der Waals surface area contributed by atoms with E-state index in [1.165, 1.54) is 24.1 Å². The number of sulfonamides is 1. The molecule has 7 nitrogen and oxygen atoms in total. The van der Waals surface area contributed by atoms with Crippen molar-refractivity contribution in [1.82, 2.24) is 9.62 Å². The number of methoxy groups -OCH3 is 1. The average Bonchev–Trinajstić information content (AvgIpc) is 3.35. The summed E-state index contributed by atoms with van der Waals surface area (Å²) in [6, 6.07) is 4.23. The van der Waals surface area contributed by atoms with Gasteiger partial charge < -0.3 is 15.4 Å². The Morgan fingerprint density at radius 3 is 2.65 bits per heavy atom. The Kier molecular flexibility index (Phi) is 5.28. The second-order valence-corrected chi connectivity index (χ2v) is 7.44. The number of nitrogens with zero attached hydrogens (tertiary/aromatic N) is 1. The molecular formula is C15H23N3O4S. The van der Waals surface area contributed by atoms with Gasteiger partial charge in [-0.15, -0.1) is 0 Å². The Hall–Kier alpha value is -1.64. The van der Waals surface area contributed by atoms with E-state index in [0.717, 1.165) is 12.8 Å². The first-order chi connectivity index (χ1) is 10.8. The first-order valence-electron chi connectivity index (χ1n) is 7.47. The molecule has 1 amide bonds. The molecule has 0 aliphatic heterocycles. The van der Waals surface area contributed by atoms with E-state index in [1.54, 1.807) is 13.1 Å². The first-order valence-corrected chi connectivity index (χ1v) is 8.96. The quantitative estimate of drug-likeness (QED) is 0.754. The van der Waals surface area contributed by atoms with Gasteiger partial charge in [0.2, 0.25) is 10.0 Å². The molecule has 128 valence electrons. The molecule has 2 rings (SSSR count). The molecule has 0 heterocycles. The molecule has 23 heavy (non-hydrogen) atoms. The zero-order valence-electron chi connectivity index (χ0n) is 13.6. The smallest absolute Gasteiger partial charge is 0.253 e. The van der Waals surface area contributed by atoms with Gasteiger partial charge in [0.1, 0.15) is 10.6 Å². The summed E-state index contributed by atoms with van der Waals surface area (Å²) >= 11 is 0. The zero-order valence-corrected chi connectivity index (χ0v) is 14.4. The van der Waals surface area contributed by atoms with Gasteiger partial charge in [0.05, 0.1) is 7.11 Å². The van der Waals surface area contributed by atoms with Crippen LogP contribution in [0.1, 0.15) is 30.1 Å². The first kappa shape index (κ1) is 17.7. The molecule has 0 radical (unpaired) electrons. The van der Waals surface area contributed by atoms with Crippen molar-refractivity contribution in [1.29, 1.82) is 0 Å². The number of nitrogens with one attached hydrogen (secondary N) is 1. The Labute approximate surface area is 136 Å². The largest absolute Gasteiger partial charge is 0.495 e. The SMILES string of the molecule is COc1ccc(C(=O)N(C)C(C)CN)cc1S(=O)(=O)NC1CC1. The fraction of sp³-hybridized carbons (Fsp3) is 0.533. The Morgan fingerprint density at radius 1 is 1.48 bits per heavy atom. The topological polar surface area (TPSA) is 102 Å².